The topological polar surface area (TPSA) is 81.2 Å². The van der Waals surface area contributed by atoms with E-state index in [2.05, 4.69) is 5.32 Å². The van der Waals surface area contributed by atoms with Crippen LogP contribution in [0.25, 0.3) is 0 Å². The molecule has 1 aromatic carbocycles. The zero-order valence-corrected chi connectivity index (χ0v) is 9.85. The minimum atomic E-state index is -0.351. The van der Waals surface area contributed by atoms with Crippen molar-refractivity contribution in [1.82, 2.24) is 0 Å². The smallest absolute Gasteiger partial charge is 0.292 e. The summed E-state index contributed by atoms with van der Waals surface area (Å²) in [6, 6.07) is 5.46. The number of benzene rings is 1. The van der Waals surface area contributed by atoms with Gasteiger partial charge in [-0.2, -0.15) is 0 Å². The largest absolute Gasteiger partial charge is 0.375 e. The highest BCUT2D eigenvalue weighted by atomic mass is 16.6. The maximum atomic E-state index is 11.0. The summed E-state index contributed by atoms with van der Waals surface area (Å²) in [6.07, 6.45) is 3.04. The summed E-state index contributed by atoms with van der Waals surface area (Å²) in [4.78, 5) is 10.6. The highest BCUT2D eigenvalue weighted by Crippen LogP contribution is 2.29. The van der Waals surface area contributed by atoms with Gasteiger partial charge in [0.25, 0.3) is 5.69 Å². The number of aryl methyl sites for hydroxylation is 1. The number of nitro benzene ring substituents is 1. The Labute approximate surface area is 100 Å². The first-order valence-corrected chi connectivity index (χ1v) is 5.85. The second-order valence-electron chi connectivity index (χ2n) is 4.62. The molecule has 92 valence electrons. The third kappa shape index (κ3) is 2.55. The first-order chi connectivity index (χ1) is 8.08. The van der Waals surface area contributed by atoms with Gasteiger partial charge < -0.3 is 11.1 Å². The highest BCUT2D eigenvalue weighted by Gasteiger charge is 2.25. The molecule has 5 nitrogen and oxygen atoms in total. The second kappa shape index (κ2) is 4.71. The lowest BCUT2D eigenvalue weighted by Crippen LogP contribution is -2.35. The molecule has 0 amide bonds. The number of anilines is 1. The molecule has 1 aromatic rings. The lowest BCUT2D eigenvalue weighted by atomic mass is 10.1. The van der Waals surface area contributed by atoms with E-state index in [0.717, 1.165) is 24.8 Å². The summed E-state index contributed by atoms with van der Waals surface area (Å²) in [5.41, 5.74) is 7.54. The number of hydrogen-bond acceptors (Lipinski definition) is 4. The molecule has 5 heteroatoms. The molecule has 0 aliphatic heterocycles. The quantitative estimate of drug-likeness (QED) is 0.621. The average Bonchev–Trinajstić information content (AvgIpc) is 2.67. The molecule has 2 atom stereocenters. The van der Waals surface area contributed by atoms with Gasteiger partial charge in [-0.25, -0.2) is 0 Å². The fourth-order valence-corrected chi connectivity index (χ4v) is 2.28. The van der Waals surface area contributed by atoms with E-state index in [1.54, 1.807) is 12.1 Å². The second-order valence-corrected chi connectivity index (χ2v) is 4.62. The molecule has 0 spiro atoms. The molecule has 3 N–H and O–H groups in total. The third-order valence-electron chi connectivity index (χ3n) is 3.26. The molecule has 2 unspecified atom stereocenters. The molecule has 1 fully saturated rings. The van der Waals surface area contributed by atoms with Crippen molar-refractivity contribution in [3.05, 3.63) is 33.9 Å². The fourth-order valence-electron chi connectivity index (χ4n) is 2.28. The molecule has 1 saturated carbocycles. The zero-order valence-electron chi connectivity index (χ0n) is 9.85. The van der Waals surface area contributed by atoms with Crippen LogP contribution in [0.4, 0.5) is 11.4 Å². The molecule has 0 heterocycles. The molecule has 0 saturated heterocycles. The number of nitrogens with zero attached hydrogens (tertiary/aromatic N) is 1. The predicted octanol–water partition coefficient (Wildman–Crippen LogP) is 2.19. The van der Waals surface area contributed by atoms with Crippen LogP contribution in [0.2, 0.25) is 0 Å². The first-order valence-electron chi connectivity index (χ1n) is 5.85. The summed E-state index contributed by atoms with van der Waals surface area (Å²) in [6.45, 7) is 1.85. The Morgan fingerprint density at radius 1 is 1.47 bits per heavy atom. The summed E-state index contributed by atoms with van der Waals surface area (Å²) >= 11 is 0. The van der Waals surface area contributed by atoms with E-state index in [-0.39, 0.29) is 22.7 Å². The molecule has 17 heavy (non-hydrogen) atoms. The van der Waals surface area contributed by atoms with Crippen molar-refractivity contribution in [3.63, 3.8) is 0 Å². The van der Waals surface area contributed by atoms with Crippen LogP contribution in [-0.2, 0) is 0 Å². The highest BCUT2D eigenvalue weighted by molar-refractivity contribution is 5.63. The van der Waals surface area contributed by atoms with Crippen LogP contribution in [0.15, 0.2) is 18.2 Å². The summed E-state index contributed by atoms with van der Waals surface area (Å²) in [5.74, 6) is 0. The number of nitro groups is 1. The number of nitrogens with one attached hydrogen (secondary N) is 1. The third-order valence-corrected chi connectivity index (χ3v) is 3.26. The van der Waals surface area contributed by atoms with Crippen molar-refractivity contribution in [2.24, 2.45) is 5.73 Å². The summed E-state index contributed by atoms with van der Waals surface area (Å²) in [7, 11) is 0. The van der Waals surface area contributed by atoms with E-state index in [1.807, 2.05) is 13.0 Å². The van der Waals surface area contributed by atoms with Crippen LogP contribution < -0.4 is 11.1 Å². The van der Waals surface area contributed by atoms with Gasteiger partial charge in [0.15, 0.2) is 0 Å². The predicted molar refractivity (Wildman–Crippen MR) is 67.1 cm³/mol. The summed E-state index contributed by atoms with van der Waals surface area (Å²) in [5, 5.41) is 14.2. The molecule has 0 radical (unpaired) electrons. The lowest BCUT2D eigenvalue weighted by molar-refractivity contribution is -0.384. The van der Waals surface area contributed by atoms with Gasteiger partial charge >= 0.3 is 0 Å². The molecule has 0 aromatic heterocycles. The van der Waals surface area contributed by atoms with Crippen molar-refractivity contribution >= 4 is 11.4 Å². The van der Waals surface area contributed by atoms with Crippen molar-refractivity contribution in [2.75, 3.05) is 5.32 Å². The van der Waals surface area contributed by atoms with Gasteiger partial charge in [0.2, 0.25) is 0 Å². The molecule has 1 aliphatic rings. The maximum Gasteiger partial charge on any atom is 0.292 e. The van der Waals surface area contributed by atoms with E-state index in [4.69, 9.17) is 5.73 Å². The Morgan fingerprint density at radius 2 is 2.24 bits per heavy atom. The van der Waals surface area contributed by atoms with E-state index < -0.39 is 0 Å². The average molecular weight is 235 g/mol. The fraction of sp³-hybridized carbons (Fsp3) is 0.500. The van der Waals surface area contributed by atoms with E-state index in [1.165, 1.54) is 0 Å². The monoisotopic (exact) mass is 235 g/mol. The minimum Gasteiger partial charge on any atom is -0.375 e. The van der Waals surface area contributed by atoms with Crippen LogP contribution in [0.5, 0.6) is 0 Å². The Bertz CT molecular complexity index is 434. The Morgan fingerprint density at radius 3 is 2.82 bits per heavy atom. The van der Waals surface area contributed by atoms with Crippen molar-refractivity contribution in [2.45, 2.75) is 38.3 Å². The van der Waals surface area contributed by atoms with Gasteiger partial charge in [-0.15, -0.1) is 0 Å². The molecular weight excluding hydrogens is 218 g/mol. The van der Waals surface area contributed by atoms with Gasteiger partial charge in [0, 0.05) is 18.2 Å². The number of nitrogens with two attached hydrogens (primary N) is 1. The first kappa shape index (κ1) is 11.9. The van der Waals surface area contributed by atoms with Crippen LogP contribution >= 0.6 is 0 Å². The summed E-state index contributed by atoms with van der Waals surface area (Å²) < 4.78 is 0. The number of hydrogen-bond donors (Lipinski definition) is 2. The number of rotatable bonds is 3. The molecule has 1 aliphatic carbocycles. The Balaban J connectivity index is 2.22. The van der Waals surface area contributed by atoms with Crippen LogP contribution in [0.1, 0.15) is 24.8 Å². The van der Waals surface area contributed by atoms with Crippen LogP contribution in [0.3, 0.4) is 0 Å². The minimum absolute atomic E-state index is 0.0934. The Kier molecular flexibility index (Phi) is 3.28. The molecular formula is C12H17N3O2. The van der Waals surface area contributed by atoms with Crippen molar-refractivity contribution in [3.8, 4) is 0 Å². The maximum absolute atomic E-state index is 11.0. The van der Waals surface area contributed by atoms with Gasteiger partial charge in [-0.05, 0) is 37.8 Å². The lowest BCUT2D eigenvalue weighted by Gasteiger charge is -2.18. The van der Waals surface area contributed by atoms with Crippen LogP contribution in [-0.4, -0.2) is 17.0 Å². The molecule has 0 bridgehead atoms. The van der Waals surface area contributed by atoms with Gasteiger partial charge in [-0.1, -0.05) is 6.07 Å². The van der Waals surface area contributed by atoms with Gasteiger partial charge in [0.05, 0.1) is 4.92 Å². The Hall–Kier alpha value is -1.62. The van der Waals surface area contributed by atoms with Gasteiger partial charge in [-0.3, -0.25) is 10.1 Å². The van der Waals surface area contributed by atoms with E-state index in [9.17, 15) is 10.1 Å². The SMILES string of the molecule is Cc1ccc(NC2CCCC2N)c([N+](=O)[O-])c1. The van der Waals surface area contributed by atoms with E-state index >= 15 is 0 Å². The van der Waals surface area contributed by atoms with Crippen molar-refractivity contribution < 1.29 is 4.92 Å². The van der Waals surface area contributed by atoms with Gasteiger partial charge in [0.1, 0.15) is 5.69 Å². The normalized spacial score (nSPS) is 23.6. The van der Waals surface area contributed by atoms with Crippen LogP contribution in [0, 0.1) is 17.0 Å². The zero-order chi connectivity index (χ0) is 12.4. The molecule has 2 rings (SSSR count). The standard InChI is InChI=1S/C12H17N3O2/c1-8-5-6-11(12(7-8)15(16)17)14-10-4-2-3-9(10)13/h5-7,9-10,14H,2-4,13H2,1H3. The van der Waals surface area contributed by atoms with E-state index in [0.29, 0.717) is 5.69 Å². The van der Waals surface area contributed by atoms with Crippen molar-refractivity contribution in [1.29, 1.82) is 0 Å².